The molecule has 0 aliphatic carbocycles. The molecule has 0 atom stereocenters. The average Bonchev–Trinajstić information content (AvgIpc) is 2.46. The summed E-state index contributed by atoms with van der Waals surface area (Å²) in [6.07, 6.45) is 2.13. The van der Waals surface area contributed by atoms with E-state index in [1.54, 1.807) is 0 Å². The Morgan fingerprint density at radius 3 is 1.83 bits per heavy atom. The molecule has 0 aliphatic rings. The van der Waals surface area contributed by atoms with Gasteiger partial charge in [0, 0.05) is 23.1 Å². The Morgan fingerprint density at radius 2 is 1.21 bits per heavy atom. The SMILES string of the molecule is [F][Sb-]([F])([F])([F])([F])[F].[H+].c1ccc(C[n+]2cccc3ccccc32)cc1. The van der Waals surface area contributed by atoms with Crippen molar-refractivity contribution in [2.24, 2.45) is 0 Å². The van der Waals surface area contributed by atoms with Gasteiger partial charge in [-0.05, 0) is 12.1 Å². The van der Waals surface area contributed by atoms with Gasteiger partial charge in [0.1, 0.15) is 0 Å². The summed E-state index contributed by atoms with van der Waals surface area (Å²) in [4.78, 5) is 0. The van der Waals surface area contributed by atoms with Crippen LogP contribution in [-0.4, -0.2) is 19.5 Å². The third-order valence-electron chi connectivity index (χ3n) is 2.98. The van der Waals surface area contributed by atoms with Crippen LogP contribution in [0, 0.1) is 0 Å². The van der Waals surface area contributed by atoms with Crippen LogP contribution in [-0.2, 0) is 6.54 Å². The number of benzene rings is 2. The molecule has 2 aromatic carbocycles. The first-order valence-corrected chi connectivity index (χ1v) is 12.6. The van der Waals surface area contributed by atoms with Crippen LogP contribution in [0.1, 0.15) is 6.99 Å². The third kappa shape index (κ3) is 7.68. The first kappa shape index (κ1) is 18.6. The normalized spacial score (nSPS) is 14.2. The molecule has 0 saturated heterocycles. The zero-order chi connectivity index (χ0) is 17.9. The standard InChI is InChI=1S/C16H14N.6FH.Sb/c1-2-7-14(8-3-1)13-17-12-6-10-15-9-4-5-11-16(15)17;;;;;;;/h1-12H,13H2;6*1H;/q+1;;;;;;;+5/p-5. The number of para-hydroxylation sites is 1. The number of fused-ring (bicyclic) bond motifs is 1. The maximum Gasteiger partial charge on any atom is 1.00 e. The Morgan fingerprint density at radius 1 is 0.708 bits per heavy atom. The predicted octanol–water partition coefficient (Wildman–Crippen LogP) is 5.43. The van der Waals surface area contributed by atoms with E-state index in [0.717, 1.165) is 6.54 Å². The van der Waals surface area contributed by atoms with Crippen LogP contribution in [0.4, 0.5) is 16.9 Å². The van der Waals surface area contributed by atoms with Gasteiger partial charge in [0.05, 0.1) is 0 Å². The molecule has 1 heterocycles. The molecule has 24 heavy (non-hydrogen) atoms. The van der Waals surface area contributed by atoms with Crippen LogP contribution in [0.2, 0.25) is 0 Å². The topological polar surface area (TPSA) is 3.88 Å². The fourth-order valence-electron chi connectivity index (χ4n) is 2.14. The van der Waals surface area contributed by atoms with Crippen LogP contribution in [0.15, 0.2) is 72.9 Å². The molecule has 0 saturated carbocycles. The summed E-state index contributed by atoms with van der Waals surface area (Å²) in [6, 6.07) is 23.3. The van der Waals surface area contributed by atoms with E-state index >= 15 is 0 Å². The van der Waals surface area contributed by atoms with Gasteiger partial charge in [0.2, 0.25) is 5.52 Å². The van der Waals surface area contributed by atoms with Gasteiger partial charge < -0.3 is 0 Å². The Bertz CT molecular complexity index is 821. The molecule has 0 radical (unpaired) electrons. The molecular weight excluding hydrogens is 442 g/mol. The van der Waals surface area contributed by atoms with Crippen molar-refractivity contribution in [3.05, 3.63) is 78.5 Å². The first-order valence-electron chi connectivity index (χ1n) is 6.86. The molecule has 130 valence electrons. The van der Waals surface area contributed by atoms with Crippen LogP contribution in [0.3, 0.4) is 0 Å². The zero-order valence-corrected chi connectivity index (χ0v) is 14.9. The molecule has 0 unspecified atom stereocenters. The van der Waals surface area contributed by atoms with Gasteiger partial charge in [0.15, 0.2) is 12.7 Å². The third-order valence-corrected chi connectivity index (χ3v) is 2.98. The molecule has 1 nitrogen and oxygen atoms in total. The summed E-state index contributed by atoms with van der Waals surface area (Å²) in [5, 5.41) is 1.28. The Labute approximate surface area is 138 Å². The van der Waals surface area contributed by atoms with Crippen molar-refractivity contribution in [1.82, 2.24) is 0 Å². The van der Waals surface area contributed by atoms with Gasteiger partial charge in [-0.2, -0.15) is 4.57 Å². The average molecular weight is 457 g/mol. The summed E-state index contributed by atoms with van der Waals surface area (Å²) < 4.78 is 61.8. The first-order chi connectivity index (χ1) is 10.9. The maximum atomic E-state index is 9.93. The van der Waals surface area contributed by atoms with E-state index in [4.69, 9.17) is 0 Å². The van der Waals surface area contributed by atoms with Gasteiger partial charge >= 0.3 is 37.8 Å². The summed E-state index contributed by atoms with van der Waals surface area (Å²) in [7, 11) is 0. The number of hydrogen-bond donors (Lipinski definition) is 0. The molecular formula is C16H15F6NSb+. The summed E-state index contributed by atoms with van der Waals surface area (Å²) in [5.74, 6) is 0. The van der Waals surface area contributed by atoms with Crippen molar-refractivity contribution in [2.75, 3.05) is 0 Å². The number of aromatic nitrogens is 1. The Hall–Kier alpha value is -1.75. The van der Waals surface area contributed by atoms with Crippen molar-refractivity contribution in [3.8, 4) is 0 Å². The van der Waals surface area contributed by atoms with E-state index in [-0.39, 0.29) is 1.43 Å². The number of rotatable bonds is 2. The minimum atomic E-state index is -11.2. The molecule has 8 heteroatoms. The smallest absolute Gasteiger partial charge is 0.194 e. The van der Waals surface area contributed by atoms with E-state index in [1.807, 2.05) is 0 Å². The molecule has 1 aromatic heterocycles. The van der Waals surface area contributed by atoms with E-state index in [0.29, 0.717) is 0 Å². The number of nitrogens with zero attached hydrogens (tertiary/aromatic N) is 1. The van der Waals surface area contributed by atoms with E-state index in [1.165, 1.54) is 16.5 Å². The molecule has 0 aliphatic heterocycles. The van der Waals surface area contributed by atoms with Gasteiger partial charge in [-0.25, -0.2) is 0 Å². The van der Waals surface area contributed by atoms with E-state index in [2.05, 4.69) is 77.5 Å². The number of hydrogen-bond acceptors (Lipinski definition) is 0. The Kier molecular flexibility index (Phi) is 4.61. The van der Waals surface area contributed by atoms with Crippen molar-refractivity contribution >= 4 is 30.4 Å². The molecule has 0 N–H and O–H groups in total. The maximum absolute atomic E-state index is 11.2. The van der Waals surface area contributed by atoms with Gasteiger partial charge in [-0.3, -0.25) is 0 Å². The van der Waals surface area contributed by atoms with E-state index in [9.17, 15) is 16.9 Å². The molecule has 0 fully saturated rings. The van der Waals surface area contributed by atoms with Gasteiger partial charge in [0.25, 0.3) is 0 Å². The van der Waals surface area contributed by atoms with E-state index < -0.39 is 19.5 Å². The molecule has 0 amide bonds. The van der Waals surface area contributed by atoms with Crippen molar-refractivity contribution in [1.29, 1.82) is 0 Å². The van der Waals surface area contributed by atoms with Crippen LogP contribution >= 0.6 is 0 Å². The molecule has 3 rings (SSSR count). The van der Waals surface area contributed by atoms with Crippen LogP contribution in [0.5, 0.6) is 0 Å². The summed E-state index contributed by atoms with van der Waals surface area (Å²) in [6.45, 7) is 0.919. The fourth-order valence-corrected chi connectivity index (χ4v) is 2.14. The van der Waals surface area contributed by atoms with Gasteiger partial charge in [-0.15, -0.1) is 0 Å². The largest absolute Gasteiger partial charge is 1.00 e. The minimum absolute atomic E-state index is 0. The summed E-state index contributed by atoms with van der Waals surface area (Å²) >= 11 is -11.2. The predicted molar refractivity (Wildman–Crippen MR) is 83.2 cm³/mol. The zero-order valence-electron chi connectivity index (χ0n) is 13.3. The second-order valence-electron chi connectivity index (χ2n) is 5.14. The van der Waals surface area contributed by atoms with Crippen molar-refractivity contribution in [3.63, 3.8) is 0 Å². The monoisotopic (exact) mass is 456 g/mol. The molecule has 3 aromatic rings. The molecule has 0 spiro atoms. The summed E-state index contributed by atoms with van der Waals surface area (Å²) in [5.41, 5.74) is 2.60. The van der Waals surface area contributed by atoms with Gasteiger partial charge in [-0.1, -0.05) is 42.5 Å². The second kappa shape index (κ2) is 5.95. The number of halogens is 6. The quantitative estimate of drug-likeness (QED) is 0.275. The van der Waals surface area contributed by atoms with Crippen molar-refractivity contribution < 1.29 is 22.9 Å². The molecule has 0 bridgehead atoms. The Balaban J connectivity index is 0.000000339. The van der Waals surface area contributed by atoms with Crippen molar-refractivity contribution in [2.45, 2.75) is 6.54 Å². The number of pyridine rings is 1. The minimum Gasteiger partial charge on any atom is -0.194 e. The second-order valence-corrected chi connectivity index (χ2v) is 10.6. The van der Waals surface area contributed by atoms with Crippen LogP contribution in [0.25, 0.3) is 10.9 Å². The fraction of sp³-hybridized carbons (Fsp3) is 0.0625. The van der Waals surface area contributed by atoms with Crippen LogP contribution < -0.4 is 4.57 Å².